The van der Waals surface area contributed by atoms with Gasteiger partial charge < -0.3 is 15.0 Å². The molecule has 1 aliphatic rings. The monoisotopic (exact) mass is 403 g/mol. The molecular weight excluding hydrogens is 374 g/mol. The second-order valence-electron chi connectivity index (χ2n) is 6.86. The highest BCUT2D eigenvalue weighted by molar-refractivity contribution is 7.99. The van der Waals surface area contributed by atoms with Gasteiger partial charge in [0, 0.05) is 25.3 Å². The van der Waals surface area contributed by atoms with Crippen LogP contribution in [-0.2, 0) is 16.1 Å². The van der Waals surface area contributed by atoms with Crippen LogP contribution in [-0.4, -0.2) is 52.7 Å². The molecular formula is C20H29N5O2S. The maximum absolute atomic E-state index is 12.5. The summed E-state index contributed by atoms with van der Waals surface area (Å²) < 4.78 is 7.48. The number of anilines is 2. The molecule has 0 spiro atoms. The Morgan fingerprint density at radius 2 is 2.00 bits per heavy atom. The van der Waals surface area contributed by atoms with Crippen molar-refractivity contribution in [2.45, 2.75) is 44.8 Å². The van der Waals surface area contributed by atoms with Gasteiger partial charge in [-0.3, -0.25) is 9.36 Å². The quantitative estimate of drug-likeness (QED) is 0.681. The smallest absolute Gasteiger partial charge is 0.234 e. The van der Waals surface area contributed by atoms with Crippen LogP contribution in [0.1, 0.15) is 38.7 Å². The molecule has 7 nitrogen and oxygen atoms in total. The van der Waals surface area contributed by atoms with Crippen LogP contribution in [0.2, 0.25) is 0 Å². The van der Waals surface area contributed by atoms with Gasteiger partial charge in [-0.15, -0.1) is 10.2 Å². The van der Waals surface area contributed by atoms with Crippen LogP contribution in [0.25, 0.3) is 0 Å². The molecule has 1 atom stereocenters. The van der Waals surface area contributed by atoms with Gasteiger partial charge >= 0.3 is 0 Å². The minimum atomic E-state index is -0.0284. The molecule has 1 aliphatic heterocycles. The fraction of sp³-hybridized carbons (Fsp3) is 0.550. The highest BCUT2D eigenvalue weighted by atomic mass is 32.2. The normalized spacial score (nSPS) is 15.5. The maximum Gasteiger partial charge on any atom is 0.234 e. The fourth-order valence-corrected chi connectivity index (χ4v) is 4.04. The third-order valence-corrected chi connectivity index (χ3v) is 5.98. The van der Waals surface area contributed by atoms with Crippen LogP contribution in [0, 0.1) is 0 Å². The van der Waals surface area contributed by atoms with Crippen molar-refractivity contribution in [2.75, 3.05) is 42.3 Å². The number of ether oxygens (including phenoxy) is 1. The molecule has 1 N–H and O–H groups in total. The molecule has 0 saturated carbocycles. The van der Waals surface area contributed by atoms with Crippen molar-refractivity contribution in [2.24, 2.45) is 0 Å². The Morgan fingerprint density at radius 3 is 2.71 bits per heavy atom. The predicted molar refractivity (Wildman–Crippen MR) is 113 cm³/mol. The lowest BCUT2D eigenvalue weighted by atomic mass is 9.97. The van der Waals surface area contributed by atoms with E-state index in [9.17, 15) is 4.79 Å². The zero-order chi connectivity index (χ0) is 19.9. The summed E-state index contributed by atoms with van der Waals surface area (Å²) in [4.78, 5) is 14.7. The Labute approximate surface area is 170 Å². The van der Waals surface area contributed by atoms with Crippen molar-refractivity contribution in [1.82, 2.24) is 14.8 Å². The molecule has 0 aliphatic carbocycles. The SMILES string of the molecule is CC[C@H](C)c1ccccc1NC(=O)CSc1nnc(N2CCOCC2)n1CC. The molecule has 2 heterocycles. The summed E-state index contributed by atoms with van der Waals surface area (Å²) in [7, 11) is 0. The Morgan fingerprint density at radius 1 is 1.25 bits per heavy atom. The van der Waals surface area contributed by atoms with Crippen LogP contribution in [0.5, 0.6) is 0 Å². The number of nitrogens with one attached hydrogen (secondary N) is 1. The summed E-state index contributed by atoms with van der Waals surface area (Å²) in [5.41, 5.74) is 2.07. The molecule has 8 heteroatoms. The summed E-state index contributed by atoms with van der Waals surface area (Å²) >= 11 is 1.42. The maximum atomic E-state index is 12.5. The third-order valence-electron chi connectivity index (χ3n) is 5.02. The first-order chi connectivity index (χ1) is 13.6. The topological polar surface area (TPSA) is 72.3 Å². The zero-order valence-corrected chi connectivity index (χ0v) is 17.7. The van der Waals surface area contributed by atoms with Crippen molar-refractivity contribution >= 4 is 29.3 Å². The Hall–Kier alpha value is -2.06. The van der Waals surface area contributed by atoms with Crippen LogP contribution in [0.3, 0.4) is 0 Å². The molecule has 152 valence electrons. The van der Waals surface area contributed by atoms with E-state index in [4.69, 9.17) is 4.74 Å². The van der Waals surface area contributed by atoms with E-state index >= 15 is 0 Å². The molecule has 1 aromatic heterocycles. The molecule has 28 heavy (non-hydrogen) atoms. The predicted octanol–water partition coefficient (Wildman–Crippen LogP) is 3.38. The van der Waals surface area contributed by atoms with E-state index in [-0.39, 0.29) is 5.91 Å². The lowest BCUT2D eigenvalue weighted by Gasteiger charge is -2.27. The Balaban J connectivity index is 1.63. The van der Waals surface area contributed by atoms with Crippen molar-refractivity contribution in [3.05, 3.63) is 29.8 Å². The molecule has 1 fully saturated rings. The minimum absolute atomic E-state index is 0.0284. The number of hydrogen-bond acceptors (Lipinski definition) is 6. The van der Waals surface area contributed by atoms with E-state index in [2.05, 4.69) is 51.8 Å². The van der Waals surface area contributed by atoms with E-state index in [1.165, 1.54) is 17.3 Å². The average molecular weight is 404 g/mol. The van der Waals surface area contributed by atoms with Crippen LogP contribution in [0.4, 0.5) is 11.6 Å². The summed E-state index contributed by atoms with van der Waals surface area (Å²) in [6, 6.07) is 8.02. The zero-order valence-electron chi connectivity index (χ0n) is 16.9. The lowest BCUT2D eigenvalue weighted by Crippen LogP contribution is -2.38. The third kappa shape index (κ3) is 4.86. The first kappa shape index (κ1) is 20.7. The standard InChI is InChI=1S/C20H29N5O2S/c1-4-15(3)16-8-6-7-9-17(16)21-18(26)14-28-20-23-22-19(25(20)5-2)24-10-12-27-13-11-24/h6-9,15H,4-5,10-14H2,1-3H3,(H,21,26)/t15-/m0/s1. The highest BCUT2D eigenvalue weighted by Gasteiger charge is 2.20. The summed E-state index contributed by atoms with van der Waals surface area (Å²) in [5, 5.41) is 12.5. The molecule has 0 bridgehead atoms. The molecule has 0 unspecified atom stereocenters. The van der Waals surface area contributed by atoms with Gasteiger partial charge in [0.15, 0.2) is 5.16 Å². The first-order valence-electron chi connectivity index (χ1n) is 9.91. The number of morpholine rings is 1. The van der Waals surface area contributed by atoms with Crippen LogP contribution >= 0.6 is 11.8 Å². The summed E-state index contributed by atoms with van der Waals surface area (Å²) in [5.74, 6) is 1.54. The molecule has 1 saturated heterocycles. The van der Waals surface area contributed by atoms with Gasteiger partial charge in [0.1, 0.15) is 0 Å². The fourth-order valence-electron chi connectivity index (χ4n) is 3.24. The van der Waals surface area contributed by atoms with Gasteiger partial charge in [-0.2, -0.15) is 0 Å². The Kier molecular flexibility index (Phi) is 7.33. The molecule has 1 amide bonds. The molecule has 0 radical (unpaired) electrons. The number of carbonyl (C=O) groups excluding carboxylic acids is 1. The highest BCUT2D eigenvalue weighted by Crippen LogP contribution is 2.27. The minimum Gasteiger partial charge on any atom is -0.378 e. The van der Waals surface area contributed by atoms with Gasteiger partial charge in [0.2, 0.25) is 11.9 Å². The van der Waals surface area contributed by atoms with Gasteiger partial charge in [-0.05, 0) is 30.9 Å². The van der Waals surface area contributed by atoms with Gasteiger partial charge in [0.05, 0.1) is 19.0 Å². The number of nitrogens with zero attached hydrogens (tertiary/aromatic N) is 4. The van der Waals surface area contributed by atoms with Crippen molar-refractivity contribution < 1.29 is 9.53 Å². The second kappa shape index (κ2) is 9.93. The number of aromatic nitrogens is 3. The van der Waals surface area contributed by atoms with Crippen molar-refractivity contribution in [3.63, 3.8) is 0 Å². The van der Waals surface area contributed by atoms with Crippen molar-refractivity contribution in [1.29, 1.82) is 0 Å². The van der Waals surface area contributed by atoms with E-state index in [1.54, 1.807) is 0 Å². The number of benzene rings is 1. The number of rotatable bonds is 8. The number of hydrogen-bond donors (Lipinski definition) is 1. The van der Waals surface area contributed by atoms with Crippen molar-refractivity contribution in [3.8, 4) is 0 Å². The van der Waals surface area contributed by atoms with Gasteiger partial charge in [-0.1, -0.05) is 43.8 Å². The van der Waals surface area contributed by atoms with E-state index < -0.39 is 0 Å². The second-order valence-corrected chi connectivity index (χ2v) is 7.80. The summed E-state index contributed by atoms with van der Waals surface area (Å²) in [6.45, 7) is 10.2. The first-order valence-corrected chi connectivity index (χ1v) is 10.9. The Bertz CT molecular complexity index is 789. The van der Waals surface area contributed by atoms with E-state index in [0.29, 0.717) is 24.9 Å². The largest absolute Gasteiger partial charge is 0.378 e. The number of para-hydroxylation sites is 1. The number of amides is 1. The number of carbonyl (C=O) groups is 1. The van der Waals surface area contributed by atoms with E-state index in [0.717, 1.165) is 42.8 Å². The average Bonchev–Trinajstić information content (AvgIpc) is 3.15. The van der Waals surface area contributed by atoms with Crippen LogP contribution < -0.4 is 10.2 Å². The number of thioether (sulfide) groups is 1. The molecule has 2 aromatic rings. The van der Waals surface area contributed by atoms with Gasteiger partial charge in [-0.25, -0.2) is 0 Å². The van der Waals surface area contributed by atoms with Gasteiger partial charge in [0.25, 0.3) is 0 Å². The summed E-state index contributed by atoms with van der Waals surface area (Å²) in [6.07, 6.45) is 1.03. The van der Waals surface area contributed by atoms with E-state index in [1.807, 2.05) is 18.2 Å². The lowest BCUT2D eigenvalue weighted by molar-refractivity contribution is -0.113. The molecule has 1 aromatic carbocycles. The molecule has 3 rings (SSSR count). The van der Waals surface area contributed by atoms with Crippen LogP contribution in [0.15, 0.2) is 29.4 Å².